The molecule has 5 heteroatoms. The van der Waals surface area contributed by atoms with Gasteiger partial charge in [0.15, 0.2) is 0 Å². The molecule has 0 radical (unpaired) electrons. The Morgan fingerprint density at radius 3 is 2.61 bits per heavy atom. The predicted molar refractivity (Wildman–Crippen MR) is 92.9 cm³/mol. The number of nitrogens with one attached hydrogen (secondary N) is 2. The summed E-state index contributed by atoms with van der Waals surface area (Å²) in [5, 5.41) is 6.20. The lowest BCUT2D eigenvalue weighted by molar-refractivity contribution is -0.116. The van der Waals surface area contributed by atoms with Crippen molar-refractivity contribution in [2.24, 2.45) is 0 Å². The molecular weight excluding hydrogens is 312 g/mol. The zero-order chi connectivity index (χ0) is 16.7. The zero-order valence-corrected chi connectivity index (χ0v) is 13.7. The second-order valence-corrected chi connectivity index (χ2v) is 5.49. The van der Waals surface area contributed by atoms with Gasteiger partial charge in [-0.1, -0.05) is 35.9 Å². The van der Waals surface area contributed by atoms with Crippen molar-refractivity contribution in [1.82, 2.24) is 5.32 Å². The zero-order valence-electron chi connectivity index (χ0n) is 12.9. The van der Waals surface area contributed by atoms with Crippen molar-refractivity contribution in [2.45, 2.75) is 19.8 Å². The minimum Gasteiger partial charge on any atom is -0.352 e. The van der Waals surface area contributed by atoms with E-state index in [2.05, 4.69) is 10.6 Å². The Balaban J connectivity index is 1.94. The first-order valence-electron chi connectivity index (χ1n) is 7.51. The van der Waals surface area contributed by atoms with Crippen molar-refractivity contribution in [2.75, 3.05) is 11.9 Å². The second-order valence-electron chi connectivity index (χ2n) is 5.08. The van der Waals surface area contributed by atoms with Crippen molar-refractivity contribution in [1.29, 1.82) is 0 Å². The smallest absolute Gasteiger partial charge is 0.251 e. The SMILES string of the molecule is CCNC(=O)c1cccc(NC(=O)CCc2ccccc2Cl)c1. The molecule has 0 heterocycles. The Bertz CT molecular complexity index is 701. The van der Waals surface area contributed by atoms with Crippen LogP contribution in [0.5, 0.6) is 0 Å². The average Bonchev–Trinajstić information content (AvgIpc) is 2.54. The fraction of sp³-hybridized carbons (Fsp3) is 0.222. The topological polar surface area (TPSA) is 58.2 Å². The highest BCUT2D eigenvalue weighted by Gasteiger charge is 2.08. The van der Waals surface area contributed by atoms with Gasteiger partial charge in [-0.15, -0.1) is 0 Å². The van der Waals surface area contributed by atoms with Crippen molar-refractivity contribution in [3.63, 3.8) is 0 Å². The minimum atomic E-state index is -0.153. The summed E-state index contributed by atoms with van der Waals surface area (Å²) in [7, 11) is 0. The summed E-state index contributed by atoms with van der Waals surface area (Å²) in [6.07, 6.45) is 0.899. The number of halogens is 1. The van der Waals surface area contributed by atoms with Crippen LogP contribution in [-0.4, -0.2) is 18.4 Å². The van der Waals surface area contributed by atoms with E-state index in [4.69, 9.17) is 11.6 Å². The van der Waals surface area contributed by atoms with Crippen LogP contribution in [0.3, 0.4) is 0 Å². The molecule has 0 aliphatic rings. The first-order chi connectivity index (χ1) is 11.1. The van der Waals surface area contributed by atoms with Crippen LogP contribution in [-0.2, 0) is 11.2 Å². The third-order valence-electron chi connectivity index (χ3n) is 3.33. The summed E-state index contributed by atoms with van der Waals surface area (Å²) < 4.78 is 0. The second kappa shape index (κ2) is 8.34. The number of rotatable bonds is 6. The standard InChI is InChI=1S/C18H19ClN2O2/c1-2-20-18(23)14-7-5-8-15(12-14)21-17(22)11-10-13-6-3-4-9-16(13)19/h3-9,12H,2,10-11H2,1H3,(H,20,23)(H,21,22). The van der Waals surface area contributed by atoms with Gasteiger partial charge in [0.05, 0.1) is 0 Å². The molecule has 4 nitrogen and oxygen atoms in total. The molecule has 0 bridgehead atoms. The molecule has 0 saturated carbocycles. The van der Waals surface area contributed by atoms with Gasteiger partial charge in [0.2, 0.25) is 5.91 Å². The van der Waals surface area contributed by atoms with Crippen LogP contribution in [0.4, 0.5) is 5.69 Å². The number of amides is 2. The van der Waals surface area contributed by atoms with E-state index in [9.17, 15) is 9.59 Å². The van der Waals surface area contributed by atoms with E-state index in [1.807, 2.05) is 31.2 Å². The molecule has 0 saturated heterocycles. The van der Waals surface area contributed by atoms with Gasteiger partial charge in [-0.3, -0.25) is 9.59 Å². The van der Waals surface area contributed by atoms with Gasteiger partial charge in [0.1, 0.15) is 0 Å². The Labute approximate surface area is 140 Å². The third-order valence-corrected chi connectivity index (χ3v) is 3.69. The molecule has 0 atom stereocenters. The molecule has 23 heavy (non-hydrogen) atoms. The summed E-state index contributed by atoms with van der Waals surface area (Å²) in [6.45, 7) is 2.42. The van der Waals surface area contributed by atoms with Crippen molar-refractivity contribution in [3.05, 3.63) is 64.7 Å². The summed E-state index contributed by atoms with van der Waals surface area (Å²) >= 11 is 6.08. The Morgan fingerprint density at radius 2 is 1.87 bits per heavy atom. The quantitative estimate of drug-likeness (QED) is 0.849. The normalized spacial score (nSPS) is 10.2. The molecule has 0 unspecified atom stereocenters. The fourth-order valence-electron chi connectivity index (χ4n) is 2.17. The molecule has 0 aliphatic carbocycles. The Hall–Kier alpha value is -2.33. The van der Waals surface area contributed by atoms with Gasteiger partial charge in [-0.25, -0.2) is 0 Å². The monoisotopic (exact) mass is 330 g/mol. The van der Waals surface area contributed by atoms with Gasteiger partial charge in [0, 0.05) is 29.2 Å². The van der Waals surface area contributed by atoms with Gasteiger partial charge in [-0.05, 0) is 43.2 Å². The molecule has 120 valence electrons. The number of aryl methyl sites for hydroxylation is 1. The highest BCUT2D eigenvalue weighted by molar-refractivity contribution is 6.31. The van der Waals surface area contributed by atoms with Crippen LogP contribution in [0.25, 0.3) is 0 Å². The van der Waals surface area contributed by atoms with Crippen LogP contribution >= 0.6 is 11.6 Å². The van der Waals surface area contributed by atoms with Crippen molar-refractivity contribution < 1.29 is 9.59 Å². The molecule has 2 rings (SSSR count). The molecule has 0 aliphatic heterocycles. The number of anilines is 1. The van der Waals surface area contributed by atoms with Crippen LogP contribution in [0.2, 0.25) is 5.02 Å². The molecular formula is C18H19ClN2O2. The van der Waals surface area contributed by atoms with Gasteiger partial charge in [0.25, 0.3) is 5.91 Å². The Morgan fingerprint density at radius 1 is 1.09 bits per heavy atom. The molecule has 2 aromatic rings. The van der Waals surface area contributed by atoms with Crippen LogP contribution in [0, 0.1) is 0 Å². The highest BCUT2D eigenvalue weighted by atomic mass is 35.5. The van der Waals surface area contributed by atoms with E-state index in [0.29, 0.717) is 35.7 Å². The summed E-state index contributed by atoms with van der Waals surface area (Å²) in [4.78, 5) is 23.8. The lowest BCUT2D eigenvalue weighted by Gasteiger charge is -2.08. The Kier molecular flexibility index (Phi) is 6.18. The van der Waals surface area contributed by atoms with E-state index >= 15 is 0 Å². The van der Waals surface area contributed by atoms with Crippen molar-refractivity contribution >= 4 is 29.1 Å². The molecule has 2 amide bonds. The van der Waals surface area contributed by atoms with Crippen LogP contribution in [0.15, 0.2) is 48.5 Å². The van der Waals surface area contributed by atoms with E-state index in [1.54, 1.807) is 24.3 Å². The molecule has 2 aromatic carbocycles. The predicted octanol–water partition coefficient (Wildman–Crippen LogP) is 3.66. The minimum absolute atomic E-state index is 0.113. The molecule has 2 N–H and O–H groups in total. The molecule has 0 fully saturated rings. The van der Waals surface area contributed by atoms with E-state index < -0.39 is 0 Å². The van der Waals surface area contributed by atoms with Gasteiger partial charge in [-0.2, -0.15) is 0 Å². The number of hydrogen-bond donors (Lipinski definition) is 2. The fourth-order valence-corrected chi connectivity index (χ4v) is 2.40. The summed E-state index contributed by atoms with van der Waals surface area (Å²) in [5.41, 5.74) is 2.08. The van der Waals surface area contributed by atoms with Gasteiger partial charge < -0.3 is 10.6 Å². The lowest BCUT2D eigenvalue weighted by Crippen LogP contribution is -2.22. The maximum Gasteiger partial charge on any atom is 0.251 e. The van der Waals surface area contributed by atoms with E-state index in [-0.39, 0.29) is 11.8 Å². The number of hydrogen-bond acceptors (Lipinski definition) is 2. The number of benzene rings is 2. The maximum absolute atomic E-state index is 12.0. The van der Waals surface area contributed by atoms with E-state index in [0.717, 1.165) is 5.56 Å². The summed E-state index contributed by atoms with van der Waals surface area (Å²) in [5.74, 6) is -0.266. The van der Waals surface area contributed by atoms with E-state index in [1.165, 1.54) is 0 Å². The maximum atomic E-state index is 12.0. The highest BCUT2D eigenvalue weighted by Crippen LogP contribution is 2.17. The largest absolute Gasteiger partial charge is 0.352 e. The summed E-state index contributed by atoms with van der Waals surface area (Å²) in [6, 6.07) is 14.4. The first-order valence-corrected chi connectivity index (χ1v) is 7.89. The van der Waals surface area contributed by atoms with Crippen LogP contribution < -0.4 is 10.6 Å². The van der Waals surface area contributed by atoms with Crippen LogP contribution in [0.1, 0.15) is 29.3 Å². The third kappa shape index (κ3) is 5.11. The number of carbonyl (C=O) groups excluding carboxylic acids is 2. The number of carbonyl (C=O) groups is 2. The van der Waals surface area contributed by atoms with Crippen molar-refractivity contribution in [3.8, 4) is 0 Å². The molecule has 0 aromatic heterocycles. The lowest BCUT2D eigenvalue weighted by atomic mass is 10.1. The first kappa shape index (κ1) is 17.0. The van der Waals surface area contributed by atoms with Gasteiger partial charge >= 0.3 is 0 Å². The average molecular weight is 331 g/mol. The molecule has 0 spiro atoms.